The molecule has 112 valence electrons. The van der Waals surface area contributed by atoms with Crippen molar-refractivity contribution in [1.82, 2.24) is 4.57 Å². The molecular weight excluding hydrogens is 270 g/mol. The fraction of sp³-hybridized carbons (Fsp3) is 0.375. The van der Waals surface area contributed by atoms with Crippen LogP contribution in [0, 0.1) is 0 Å². The number of ether oxygens (including phenoxy) is 2. The van der Waals surface area contributed by atoms with E-state index in [1.54, 1.807) is 25.3 Å². The van der Waals surface area contributed by atoms with Crippen LogP contribution in [0.2, 0.25) is 0 Å². The van der Waals surface area contributed by atoms with Gasteiger partial charge in [-0.1, -0.05) is 19.1 Å². The van der Waals surface area contributed by atoms with Crippen molar-refractivity contribution < 1.29 is 19.1 Å². The Morgan fingerprint density at radius 2 is 2.00 bits per heavy atom. The summed E-state index contributed by atoms with van der Waals surface area (Å²) in [6.07, 6.45) is 2.67. The molecule has 0 bridgehead atoms. The molecule has 0 unspecified atom stereocenters. The summed E-state index contributed by atoms with van der Waals surface area (Å²) in [6.45, 7) is 6.23. The summed E-state index contributed by atoms with van der Waals surface area (Å²) in [4.78, 5) is 23.3. The second-order valence-electron chi connectivity index (χ2n) is 4.70. The molecule has 0 amide bonds. The highest BCUT2D eigenvalue weighted by molar-refractivity contribution is 6.06. The average Bonchev–Trinajstić information content (AvgIpc) is 2.79. The summed E-state index contributed by atoms with van der Waals surface area (Å²) in [5.41, 5.74) is 1.24. The van der Waals surface area contributed by atoms with Gasteiger partial charge in [0.05, 0.1) is 17.7 Å². The highest BCUT2D eigenvalue weighted by Gasteiger charge is 2.19. The van der Waals surface area contributed by atoms with Crippen molar-refractivity contribution in [3.05, 3.63) is 30.0 Å². The summed E-state index contributed by atoms with van der Waals surface area (Å²) < 4.78 is 12.3. The molecule has 1 heterocycles. The SMILES string of the molecule is CCCn1cc(C(=O)OCC)c2cccc(OC(C)=O)c21. The maximum absolute atomic E-state index is 12.1. The lowest BCUT2D eigenvalue weighted by molar-refractivity contribution is -0.131. The zero-order chi connectivity index (χ0) is 15.4. The van der Waals surface area contributed by atoms with Crippen LogP contribution < -0.4 is 4.74 Å². The number of hydrogen-bond acceptors (Lipinski definition) is 4. The highest BCUT2D eigenvalue weighted by atomic mass is 16.5. The molecular formula is C16H19NO4. The first-order valence-electron chi connectivity index (χ1n) is 7.05. The van der Waals surface area contributed by atoms with Crippen molar-refractivity contribution in [3.63, 3.8) is 0 Å². The Morgan fingerprint density at radius 1 is 1.24 bits per heavy atom. The second kappa shape index (κ2) is 6.43. The Balaban J connectivity index is 2.62. The first-order chi connectivity index (χ1) is 10.1. The summed E-state index contributed by atoms with van der Waals surface area (Å²) in [6, 6.07) is 5.32. The number of benzene rings is 1. The van der Waals surface area contributed by atoms with Crippen LogP contribution in [0.3, 0.4) is 0 Å². The number of esters is 2. The number of carbonyl (C=O) groups excluding carboxylic acids is 2. The molecule has 0 saturated heterocycles. The Bertz CT molecular complexity index is 672. The molecule has 0 aliphatic heterocycles. The van der Waals surface area contributed by atoms with E-state index >= 15 is 0 Å². The average molecular weight is 289 g/mol. The van der Waals surface area contributed by atoms with E-state index in [1.807, 2.05) is 17.6 Å². The number of fused-ring (bicyclic) bond motifs is 1. The number of hydrogen-bond donors (Lipinski definition) is 0. The van der Waals surface area contributed by atoms with Crippen LogP contribution in [0.4, 0.5) is 0 Å². The number of aryl methyl sites for hydroxylation is 1. The van der Waals surface area contributed by atoms with E-state index < -0.39 is 0 Å². The van der Waals surface area contributed by atoms with Gasteiger partial charge in [-0.2, -0.15) is 0 Å². The largest absolute Gasteiger partial charge is 0.462 e. The minimum atomic E-state index is -0.385. The molecule has 0 atom stereocenters. The van der Waals surface area contributed by atoms with Crippen molar-refractivity contribution in [2.75, 3.05) is 6.61 Å². The van der Waals surface area contributed by atoms with Gasteiger partial charge in [-0.05, 0) is 19.4 Å². The van der Waals surface area contributed by atoms with Gasteiger partial charge in [-0.25, -0.2) is 4.79 Å². The zero-order valence-electron chi connectivity index (χ0n) is 12.5. The van der Waals surface area contributed by atoms with Crippen molar-refractivity contribution in [1.29, 1.82) is 0 Å². The molecule has 0 spiro atoms. The van der Waals surface area contributed by atoms with Crippen LogP contribution >= 0.6 is 0 Å². The number of rotatable bonds is 5. The standard InChI is InChI=1S/C16H19NO4/c1-4-9-17-10-13(16(19)20-5-2)12-7-6-8-14(15(12)17)21-11(3)18/h6-8,10H,4-5,9H2,1-3H3. The summed E-state index contributed by atoms with van der Waals surface area (Å²) >= 11 is 0. The van der Waals surface area contributed by atoms with Crippen molar-refractivity contribution >= 4 is 22.8 Å². The van der Waals surface area contributed by atoms with Crippen molar-refractivity contribution in [2.24, 2.45) is 0 Å². The predicted molar refractivity (Wildman–Crippen MR) is 79.5 cm³/mol. The fourth-order valence-electron chi connectivity index (χ4n) is 2.35. The van der Waals surface area contributed by atoms with Gasteiger partial charge in [0.2, 0.25) is 0 Å². The van der Waals surface area contributed by atoms with E-state index in [-0.39, 0.29) is 11.9 Å². The molecule has 0 fully saturated rings. The molecule has 0 radical (unpaired) electrons. The van der Waals surface area contributed by atoms with Gasteiger partial charge in [-0.3, -0.25) is 4.79 Å². The summed E-state index contributed by atoms with van der Waals surface area (Å²) in [7, 11) is 0. The first kappa shape index (κ1) is 15.1. The molecule has 5 heteroatoms. The van der Waals surface area contributed by atoms with Crippen LogP contribution in [0.25, 0.3) is 10.9 Å². The monoisotopic (exact) mass is 289 g/mol. The highest BCUT2D eigenvalue weighted by Crippen LogP contribution is 2.31. The number of nitrogens with zero attached hydrogens (tertiary/aromatic N) is 1. The van der Waals surface area contributed by atoms with E-state index in [0.717, 1.165) is 23.9 Å². The molecule has 5 nitrogen and oxygen atoms in total. The number of carbonyl (C=O) groups is 2. The lowest BCUT2D eigenvalue weighted by Gasteiger charge is -2.08. The molecule has 2 rings (SSSR count). The normalized spacial score (nSPS) is 10.6. The van der Waals surface area contributed by atoms with Gasteiger partial charge < -0.3 is 14.0 Å². The number of para-hydroxylation sites is 1. The molecule has 0 N–H and O–H groups in total. The molecule has 0 aliphatic carbocycles. The first-order valence-corrected chi connectivity index (χ1v) is 7.05. The number of aromatic nitrogens is 1. The van der Waals surface area contributed by atoms with Gasteiger partial charge in [0.15, 0.2) is 5.75 Å². The second-order valence-corrected chi connectivity index (χ2v) is 4.70. The van der Waals surface area contributed by atoms with Gasteiger partial charge in [-0.15, -0.1) is 0 Å². The Labute approximate surface area is 123 Å². The third-order valence-corrected chi connectivity index (χ3v) is 3.07. The van der Waals surface area contributed by atoms with Gasteiger partial charge in [0.1, 0.15) is 0 Å². The van der Waals surface area contributed by atoms with Crippen LogP contribution in [-0.2, 0) is 16.1 Å². The maximum Gasteiger partial charge on any atom is 0.340 e. The quantitative estimate of drug-likeness (QED) is 0.626. The van der Waals surface area contributed by atoms with Gasteiger partial charge in [0, 0.05) is 25.1 Å². The van der Waals surface area contributed by atoms with Crippen LogP contribution in [-0.4, -0.2) is 23.1 Å². The lowest BCUT2D eigenvalue weighted by Crippen LogP contribution is -2.04. The minimum absolute atomic E-state index is 0.322. The third kappa shape index (κ3) is 3.07. The van der Waals surface area contributed by atoms with E-state index in [1.165, 1.54) is 6.92 Å². The van der Waals surface area contributed by atoms with Gasteiger partial charge >= 0.3 is 11.9 Å². The summed E-state index contributed by atoms with van der Waals surface area (Å²) in [5, 5.41) is 0.737. The Kier molecular flexibility index (Phi) is 4.62. The molecule has 2 aromatic rings. The Hall–Kier alpha value is -2.30. The molecule has 21 heavy (non-hydrogen) atoms. The zero-order valence-corrected chi connectivity index (χ0v) is 12.5. The predicted octanol–water partition coefficient (Wildman–Crippen LogP) is 3.15. The molecule has 0 aliphatic rings. The molecule has 1 aromatic heterocycles. The van der Waals surface area contributed by atoms with Crippen LogP contribution in [0.5, 0.6) is 5.75 Å². The van der Waals surface area contributed by atoms with E-state index in [4.69, 9.17) is 9.47 Å². The van der Waals surface area contributed by atoms with E-state index in [0.29, 0.717) is 17.9 Å². The smallest absolute Gasteiger partial charge is 0.340 e. The lowest BCUT2D eigenvalue weighted by atomic mass is 10.1. The summed E-state index contributed by atoms with van der Waals surface area (Å²) in [5.74, 6) is -0.286. The molecule has 1 aromatic carbocycles. The minimum Gasteiger partial charge on any atom is -0.462 e. The molecule has 0 saturated carbocycles. The van der Waals surface area contributed by atoms with Gasteiger partial charge in [0.25, 0.3) is 0 Å². The third-order valence-electron chi connectivity index (χ3n) is 3.07. The van der Waals surface area contributed by atoms with Crippen molar-refractivity contribution in [2.45, 2.75) is 33.7 Å². The van der Waals surface area contributed by atoms with Crippen LogP contribution in [0.15, 0.2) is 24.4 Å². The topological polar surface area (TPSA) is 57.5 Å². The van der Waals surface area contributed by atoms with Crippen molar-refractivity contribution in [3.8, 4) is 5.75 Å². The van der Waals surface area contributed by atoms with E-state index in [9.17, 15) is 9.59 Å². The fourth-order valence-corrected chi connectivity index (χ4v) is 2.35. The maximum atomic E-state index is 12.1. The van der Waals surface area contributed by atoms with E-state index in [2.05, 4.69) is 0 Å². The van der Waals surface area contributed by atoms with Crippen LogP contribution in [0.1, 0.15) is 37.6 Å². The Morgan fingerprint density at radius 3 is 2.62 bits per heavy atom.